The highest BCUT2D eigenvalue weighted by atomic mass is 16.5. The second-order valence-electron chi connectivity index (χ2n) is 3.83. The van der Waals surface area contributed by atoms with Crippen LogP contribution in [0.2, 0.25) is 0 Å². The highest BCUT2D eigenvalue weighted by molar-refractivity contribution is 5.93. The molecule has 0 radical (unpaired) electrons. The molecule has 0 bridgehead atoms. The van der Waals surface area contributed by atoms with Crippen LogP contribution in [-0.2, 0) is 11.8 Å². The SMILES string of the molecule is Cn1cc(C(=O)N2CCOC(CO)C2)cn1. The van der Waals surface area contributed by atoms with E-state index in [1.165, 1.54) is 0 Å². The second-order valence-corrected chi connectivity index (χ2v) is 3.83. The number of ether oxygens (including phenoxy) is 1. The van der Waals surface area contributed by atoms with Gasteiger partial charge in [-0.3, -0.25) is 9.48 Å². The average Bonchev–Trinajstić information content (AvgIpc) is 2.75. The monoisotopic (exact) mass is 225 g/mol. The highest BCUT2D eigenvalue weighted by Crippen LogP contribution is 2.09. The Balaban J connectivity index is 2.04. The van der Waals surface area contributed by atoms with Crippen molar-refractivity contribution in [2.45, 2.75) is 6.10 Å². The van der Waals surface area contributed by atoms with Crippen molar-refractivity contribution in [1.29, 1.82) is 0 Å². The van der Waals surface area contributed by atoms with Crippen molar-refractivity contribution in [2.75, 3.05) is 26.3 Å². The molecular weight excluding hydrogens is 210 g/mol. The van der Waals surface area contributed by atoms with Crippen LogP contribution in [0, 0.1) is 0 Å². The molecule has 2 heterocycles. The Bertz CT molecular complexity index is 377. The molecule has 0 saturated carbocycles. The minimum absolute atomic E-state index is 0.0587. The van der Waals surface area contributed by atoms with Crippen LogP contribution in [-0.4, -0.2) is 58.1 Å². The van der Waals surface area contributed by atoms with Crippen LogP contribution in [0.15, 0.2) is 12.4 Å². The Morgan fingerprint density at radius 1 is 1.75 bits per heavy atom. The number of morpholine rings is 1. The fraction of sp³-hybridized carbons (Fsp3) is 0.600. The van der Waals surface area contributed by atoms with Crippen LogP contribution in [0.3, 0.4) is 0 Å². The predicted molar refractivity (Wildman–Crippen MR) is 55.9 cm³/mol. The number of carbonyl (C=O) groups is 1. The number of carbonyl (C=O) groups excluding carboxylic acids is 1. The first-order valence-corrected chi connectivity index (χ1v) is 5.21. The summed E-state index contributed by atoms with van der Waals surface area (Å²) in [6, 6.07) is 0. The predicted octanol–water partition coefficient (Wildman–Crippen LogP) is -0.747. The molecule has 1 aromatic rings. The first-order valence-electron chi connectivity index (χ1n) is 5.21. The fourth-order valence-electron chi connectivity index (χ4n) is 1.73. The van der Waals surface area contributed by atoms with E-state index in [-0.39, 0.29) is 18.6 Å². The number of nitrogens with zero attached hydrogens (tertiary/aromatic N) is 3. The quantitative estimate of drug-likeness (QED) is 0.719. The van der Waals surface area contributed by atoms with Crippen molar-refractivity contribution in [3.05, 3.63) is 18.0 Å². The van der Waals surface area contributed by atoms with Crippen LogP contribution in [0.5, 0.6) is 0 Å². The van der Waals surface area contributed by atoms with E-state index in [2.05, 4.69) is 5.10 Å². The second kappa shape index (κ2) is 4.63. The first kappa shape index (κ1) is 11.1. The van der Waals surface area contributed by atoms with Gasteiger partial charge in [0.25, 0.3) is 5.91 Å². The van der Waals surface area contributed by atoms with E-state index in [1.807, 2.05) is 0 Å². The molecular formula is C10H15N3O3. The average molecular weight is 225 g/mol. The molecule has 1 aliphatic heterocycles. The van der Waals surface area contributed by atoms with E-state index in [0.29, 0.717) is 25.3 Å². The lowest BCUT2D eigenvalue weighted by atomic mass is 10.2. The molecule has 0 spiro atoms. The normalized spacial score (nSPS) is 21.1. The van der Waals surface area contributed by atoms with E-state index in [4.69, 9.17) is 9.84 Å². The number of aliphatic hydroxyl groups is 1. The Kier molecular flexibility index (Phi) is 3.21. The highest BCUT2D eigenvalue weighted by Gasteiger charge is 2.25. The lowest BCUT2D eigenvalue weighted by molar-refractivity contribution is -0.0447. The maximum Gasteiger partial charge on any atom is 0.257 e. The van der Waals surface area contributed by atoms with Gasteiger partial charge in [0.05, 0.1) is 31.1 Å². The van der Waals surface area contributed by atoms with Crippen LogP contribution >= 0.6 is 0 Å². The maximum absolute atomic E-state index is 12.0. The number of aromatic nitrogens is 2. The summed E-state index contributed by atoms with van der Waals surface area (Å²) in [6.45, 7) is 1.41. The molecule has 1 aliphatic rings. The summed E-state index contributed by atoms with van der Waals surface area (Å²) < 4.78 is 6.88. The summed E-state index contributed by atoms with van der Waals surface area (Å²) in [5, 5.41) is 12.9. The van der Waals surface area contributed by atoms with Gasteiger partial charge >= 0.3 is 0 Å². The Labute approximate surface area is 93.4 Å². The van der Waals surface area contributed by atoms with Gasteiger partial charge in [0.2, 0.25) is 0 Å². The van der Waals surface area contributed by atoms with Gasteiger partial charge in [-0.2, -0.15) is 5.10 Å². The summed E-state index contributed by atoms with van der Waals surface area (Å²) in [5.74, 6) is -0.0603. The molecule has 1 atom stereocenters. The molecule has 0 aromatic carbocycles. The van der Waals surface area contributed by atoms with Crippen LogP contribution in [0.25, 0.3) is 0 Å². The van der Waals surface area contributed by atoms with Crippen molar-refractivity contribution in [3.8, 4) is 0 Å². The largest absolute Gasteiger partial charge is 0.394 e. The molecule has 6 heteroatoms. The van der Waals surface area contributed by atoms with Crippen molar-refractivity contribution >= 4 is 5.91 Å². The molecule has 0 aliphatic carbocycles. The summed E-state index contributed by atoms with van der Waals surface area (Å²) in [5.41, 5.74) is 0.570. The van der Waals surface area contributed by atoms with Crippen LogP contribution in [0.4, 0.5) is 0 Å². The van der Waals surface area contributed by atoms with Gasteiger partial charge in [-0.25, -0.2) is 0 Å². The standard InChI is InChI=1S/C10H15N3O3/c1-12-5-8(4-11-12)10(15)13-2-3-16-9(6-13)7-14/h4-5,9,14H,2-3,6-7H2,1H3. The van der Waals surface area contributed by atoms with E-state index in [9.17, 15) is 4.79 Å². The number of hydrogen-bond acceptors (Lipinski definition) is 4. The van der Waals surface area contributed by atoms with Gasteiger partial charge in [-0.15, -0.1) is 0 Å². The van der Waals surface area contributed by atoms with Crippen LogP contribution in [0.1, 0.15) is 10.4 Å². The smallest absolute Gasteiger partial charge is 0.257 e. The summed E-state index contributed by atoms with van der Waals surface area (Å²) >= 11 is 0. The molecule has 1 amide bonds. The number of amides is 1. The van der Waals surface area contributed by atoms with Crippen LogP contribution < -0.4 is 0 Å². The molecule has 16 heavy (non-hydrogen) atoms. The number of aliphatic hydroxyl groups excluding tert-OH is 1. The molecule has 6 nitrogen and oxygen atoms in total. The molecule has 1 fully saturated rings. The summed E-state index contributed by atoms with van der Waals surface area (Å²) in [7, 11) is 1.77. The van der Waals surface area contributed by atoms with Gasteiger partial charge in [0.1, 0.15) is 0 Å². The zero-order valence-corrected chi connectivity index (χ0v) is 9.17. The van der Waals surface area contributed by atoms with Gasteiger partial charge in [0, 0.05) is 26.3 Å². The summed E-state index contributed by atoms with van der Waals surface area (Å²) in [4.78, 5) is 13.7. The molecule has 2 rings (SSSR count). The van der Waals surface area contributed by atoms with Gasteiger partial charge in [0.15, 0.2) is 0 Å². The van der Waals surface area contributed by atoms with Crippen molar-refractivity contribution in [1.82, 2.24) is 14.7 Å². The maximum atomic E-state index is 12.0. The Hall–Kier alpha value is -1.40. The van der Waals surface area contributed by atoms with E-state index in [1.54, 1.807) is 29.0 Å². The third kappa shape index (κ3) is 2.23. The van der Waals surface area contributed by atoms with E-state index < -0.39 is 0 Å². The lowest BCUT2D eigenvalue weighted by Crippen LogP contribution is -2.46. The van der Waals surface area contributed by atoms with Gasteiger partial charge < -0.3 is 14.7 Å². The minimum atomic E-state index is -0.269. The van der Waals surface area contributed by atoms with Crippen molar-refractivity contribution in [2.24, 2.45) is 7.05 Å². The third-order valence-corrected chi connectivity index (χ3v) is 2.58. The first-order chi connectivity index (χ1) is 7.70. The Morgan fingerprint density at radius 3 is 3.19 bits per heavy atom. The Morgan fingerprint density at radius 2 is 2.56 bits per heavy atom. The zero-order chi connectivity index (χ0) is 11.5. The zero-order valence-electron chi connectivity index (χ0n) is 9.17. The van der Waals surface area contributed by atoms with Crippen molar-refractivity contribution < 1.29 is 14.6 Å². The third-order valence-electron chi connectivity index (χ3n) is 2.58. The number of rotatable bonds is 2. The molecule has 1 unspecified atom stereocenters. The topological polar surface area (TPSA) is 67.6 Å². The van der Waals surface area contributed by atoms with E-state index in [0.717, 1.165) is 0 Å². The van der Waals surface area contributed by atoms with Gasteiger partial charge in [-0.05, 0) is 0 Å². The molecule has 1 saturated heterocycles. The van der Waals surface area contributed by atoms with Gasteiger partial charge in [-0.1, -0.05) is 0 Å². The van der Waals surface area contributed by atoms with Crippen molar-refractivity contribution in [3.63, 3.8) is 0 Å². The summed E-state index contributed by atoms with van der Waals surface area (Å²) in [6.07, 6.45) is 2.96. The molecule has 1 aromatic heterocycles. The number of hydrogen-bond donors (Lipinski definition) is 1. The fourth-order valence-corrected chi connectivity index (χ4v) is 1.73. The minimum Gasteiger partial charge on any atom is -0.394 e. The molecule has 88 valence electrons. The lowest BCUT2D eigenvalue weighted by Gasteiger charge is -2.31. The number of aryl methyl sites for hydroxylation is 1. The molecule has 1 N–H and O–H groups in total. The van der Waals surface area contributed by atoms with E-state index >= 15 is 0 Å².